The Kier molecular flexibility index (Phi) is 6.77. The first kappa shape index (κ1) is 19.0. The zero-order chi connectivity index (χ0) is 18.4. The maximum atomic E-state index is 12.1. The van der Waals surface area contributed by atoms with E-state index < -0.39 is 0 Å². The van der Waals surface area contributed by atoms with E-state index in [9.17, 15) is 4.79 Å². The summed E-state index contributed by atoms with van der Waals surface area (Å²) in [5, 5.41) is 3.23. The monoisotopic (exact) mass is 439 g/mol. The number of hydrogen-bond donors (Lipinski definition) is 1. The van der Waals surface area contributed by atoms with Crippen LogP contribution in [-0.4, -0.2) is 31.8 Å². The Bertz CT molecular complexity index is 765. The molecule has 2 aromatic rings. The van der Waals surface area contributed by atoms with E-state index in [4.69, 9.17) is 25.8 Å². The molecule has 1 aliphatic rings. The number of rotatable bonds is 7. The average Bonchev–Trinajstić information content (AvgIpc) is 3.13. The van der Waals surface area contributed by atoms with Crippen LogP contribution in [0.3, 0.4) is 0 Å². The summed E-state index contributed by atoms with van der Waals surface area (Å²) in [6, 6.07) is 12.5. The fourth-order valence-electron chi connectivity index (χ4n) is 2.56. The van der Waals surface area contributed by atoms with E-state index in [2.05, 4.69) is 21.2 Å². The standard InChI is InChI=1S/C19H19BrClNO4/c20-13-6-7-18(17(21)9-13)26-12-19(23)22-14-3-1-4-15(10-14)25-11-16-5-2-8-24-16/h1,3-4,6-7,9-10,16H,2,5,8,11-12H2,(H,22,23). The Morgan fingerprint density at radius 3 is 2.92 bits per heavy atom. The van der Waals surface area contributed by atoms with Crippen molar-refractivity contribution in [3.8, 4) is 11.5 Å². The van der Waals surface area contributed by atoms with E-state index in [1.807, 2.05) is 12.1 Å². The maximum Gasteiger partial charge on any atom is 0.262 e. The summed E-state index contributed by atoms with van der Waals surface area (Å²) < 4.78 is 17.6. The molecule has 1 saturated heterocycles. The number of amides is 1. The molecule has 1 fully saturated rings. The summed E-state index contributed by atoms with van der Waals surface area (Å²) in [7, 11) is 0. The van der Waals surface area contributed by atoms with Crippen molar-refractivity contribution in [1.29, 1.82) is 0 Å². The largest absolute Gasteiger partial charge is 0.491 e. The topological polar surface area (TPSA) is 56.8 Å². The molecule has 1 atom stereocenters. The molecule has 1 amide bonds. The summed E-state index contributed by atoms with van der Waals surface area (Å²) in [6.45, 7) is 1.18. The molecule has 3 rings (SSSR count). The van der Waals surface area contributed by atoms with Gasteiger partial charge in [0.1, 0.15) is 18.1 Å². The van der Waals surface area contributed by atoms with E-state index in [0.29, 0.717) is 28.8 Å². The third-order valence-electron chi connectivity index (χ3n) is 3.83. The fraction of sp³-hybridized carbons (Fsp3) is 0.316. The minimum atomic E-state index is -0.278. The van der Waals surface area contributed by atoms with Gasteiger partial charge in [0, 0.05) is 22.8 Å². The van der Waals surface area contributed by atoms with Crippen LogP contribution in [0.15, 0.2) is 46.9 Å². The number of halogens is 2. The van der Waals surface area contributed by atoms with Gasteiger partial charge in [-0.25, -0.2) is 0 Å². The molecule has 1 heterocycles. The van der Waals surface area contributed by atoms with Gasteiger partial charge in [0.15, 0.2) is 6.61 Å². The van der Waals surface area contributed by atoms with Crippen LogP contribution in [0.5, 0.6) is 11.5 Å². The van der Waals surface area contributed by atoms with Crippen LogP contribution >= 0.6 is 27.5 Å². The molecule has 0 spiro atoms. The number of ether oxygens (including phenoxy) is 3. The van der Waals surface area contributed by atoms with Crippen LogP contribution in [0.4, 0.5) is 5.69 Å². The molecule has 0 saturated carbocycles. The SMILES string of the molecule is O=C(COc1ccc(Br)cc1Cl)Nc1cccc(OCC2CCCO2)c1. The van der Waals surface area contributed by atoms with Crippen LogP contribution in [0, 0.1) is 0 Å². The highest BCUT2D eigenvalue weighted by atomic mass is 79.9. The lowest BCUT2D eigenvalue weighted by Crippen LogP contribution is -2.20. The van der Waals surface area contributed by atoms with Crippen molar-refractivity contribution in [3.63, 3.8) is 0 Å². The van der Waals surface area contributed by atoms with Crippen molar-refractivity contribution in [2.24, 2.45) is 0 Å². The molecule has 1 N–H and O–H groups in total. The summed E-state index contributed by atoms with van der Waals surface area (Å²) >= 11 is 9.39. The van der Waals surface area contributed by atoms with Gasteiger partial charge in [0.25, 0.3) is 5.91 Å². The first-order valence-corrected chi connectivity index (χ1v) is 9.49. The smallest absolute Gasteiger partial charge is 0.262 e. The predicted molar refractivity (Wildman–Crippen MR) is 104 cm³/mol. The molecule has 5 nitrogen and oxygen atoms in total. The quantitative estimate of drug-likeness (QED) is 0.679. The first-order valence-electron chi connectivity index (χ1n) is 8.32. The van der Waals surface area contributed by atoms with Gasteiger partial charge in [-0.3, -0.25) is 4.79 Å². The molecular weight excluding hydrogens is 422 g/mol. The predicted octanol–water partition coefficient (Wildman–Crippen LogP) is 4.68. The maximum absolute atomic E-state index is 12.1. The lowest BCUT2D eigenvalue weighted by molar-refractivity contribution is -0.118. The van der Waals surface area contributed by atoms with Gasteiger partial charge in [-0.15, -0.1) is 0 Å². The second-order valence-electron chi connectivity index (χ2n) is 5.89. The van der Waals surface area contributed by atoms with Gasteiger partial charge in [-0.2, -0.15) is 0 Å². The molecule has 0 bridgehead atoms. The molecule has 0 aliphatic carbocycles. The number of benzene rings is 2. The lowest BCUT2D eigenvalue weighted by Gasteiger charge is -2.13. The van der Waals surface area contributed by atoms with Gasteiger partial charge in [0.05, 0.1) is 11.1 Å². The number of anilines is 1. The zero-order valence-electron chi connectivity index (χ0n) is 14.0. The number of carbonyl (C=O) groups excluding carboxylic acids is 1. The van der Waals surface area contributed by atoms with E-state index >= 15 is 0 Å². The minimum Gasteiger partial charge on any atom is -0.491 e. The fourth-order valence-corrected chi connectivity index (χ4v) is 3.29. The Morgan fingerprint density at radius 1 is 1.27 bits per heavy atom. The average molecular weight is 441 g/mol. The van der Waals surface area contributed by atoms with Crippen molar-refractivity contribution in [1.82, 2.24) is 0 Å². The molecule has 1 unspecified atom stereocenters. The zero-order valence-corrected chi connectivity index (χ0v) is 16.4. The van der Waals surface area contributed by atoms with Crippen molar-refractivity contribution in [2.45, 2.75) is 18.9 Å². The molecule has 26 heavy (non-hydrogen) atoms. The highest BCUT2D eigenvalue weighted by molar-refractivity contribution is 9.10. The number of carbonyl (C=O) groups is 1. The van der Waals surface area contributed by atoms with Crippen LogP contribution in [0.25, 0.3) is 0 Å². The third-order valence-corrected chi connectivity index (χ3v) is 4.62. The van der Waals surface area contributed by atoms with Crippen LogP contribution in [-0.2, 0) is 9.53 Å². The van der Waals surface area contributed by atoms with Gasteiger partial charge in [-0.05, 0) is 43.2 Å². The van der Waals surface area contributed by atoms with Gasteiger partial charge >= 0.3 is 0 Å². The Balaban J connectivity index is 1.49. The van der Waals surface area contributed by atoms with Crippen LogP contribution in [0.2, 0.25) is 5.02 Å². The van der Waals surface area contributed by atoms with Gasteiger partial charge in [-0.1, -0.05) is 33.6 Å². The van der Waals surface area contributed by atoms with E-state index in [1.54, 1.807) is 30.3 Å². The normalized spacial score (nSPS) is 16.3. The molecule has 1 aliphatic heterocycles. The lowest BCUT2D eigenvalue weighted by atomic mass is 10.2. The van der Waals surface area contributed by atoms with Crippen molar-refractivity contribution in [2.75, 3.05) is 25.1 Å². The molecular formula is C19H19BrClNO4. The molecule has 0 aromatic heterocycles. The minimum absolute atomic E-state index is 0.137. The highest BCUT2D eigenvalue weighted by Gasteiger charge is 2.16. The summed E-state index contributed by atoms with van der Waals surface area (Å²) in [5.74, 6) is 0.870. The summed E-state index contributed by atoms with van der Waals surface area (Å²) in [4.78, 5) is 12.1. The van der Waals surface area contributed by atoms with E-state index in [0.717, 1.165) is 23.9 Å². The number of nitrogens with one attached hydrogen (secondary N) is 1. The highest BCUT2D eigenvalue weighted by Crippen LogP contribution is 2.27. The third kappa shape index (κ3) is 5.62. The number of hydrogen-bond acceptors (Lipinski definition) is 4. The Labute approximate surface area is 165 Å². The van der Waals surface area contributed by atoms with Gasteiger partial charge < -0.3 is 19.5 Å². The van der Waals surface area contributed by atoms with E-state index in [1.165, 1.54) is 0 Å². The summed E-state index contributed by atoms with van der Waals surface area (Å²) in [6.07, 6.45) is 2.25. The van der Waals surface area contributed by atoms with Gasteiger partial charge in [0.2, 0.25) is 0 Å². The first-order chi connectivity index (χ1) is 12.6. The molecule has 2 aromatic carbocycles. The second kappa shape index (κ2) is 9.26. The second-order valence-corrected chi connectivity index (χ2v) is 7.21. The van der Waals surface area contributed by atoms with Crippen LogP contribution in [0.1, 0.15) is 12.8 Å². The summed E-state index contributed by atoms with van der Waals surface area (Å²) in [5.41, 5.74) is 0.644. The molecule has 138 valence electrons. The van der Waals surface area contributed by atoms with Crippen molar-refractivity contribution >= 4 is 39.1 Å². The Hall–Kier alpha value is -1.76. The van der Waals surface area contributed by atoms with Crippen molar-refractivity contribution < 1.29 is 19.0 Å². The van der Waals surface area contributed by atoms with Crippen LogP contribution < -0.4 is 14.8 Å². The van der Waals surface area contributed by atoms with Crippen molar-refractivity contribution in [3.05, 3.63) is 52.0 Å². The van der Waals surface area contributed by atoms with E-state index in [-0.39, 0.29) is 18.6 Å². The molecule has 0 radical (unpaired) electrons. The molecule has 7 heteroatoms. The Morgan fingerprint density at radius 2 is 2.15 bits per heavy atom.